The quantitative estimate of drug-likeness (QED) is 0.838. The van der Waals surface area contributed by atoms with E-state index in [2.05, 4.69) is 25.4 Å². The van der Waals surface area contributed by atoms with Gasteiger partial charge in [-0.2, -0.15) is 0 Å². The van der Waals surface area contributed by atoms with Crippen LogP contribution in [-0.2, 0) is 4.79 Å². The third kappa shape index (κ3) is 3.91. The van der Waals surface area contributed by atoms with E-state index < -0.39 is 11.4 Å². The van der Waals surface area contributed by atoms with Crippen molar-refractivity contribution < 1.29 is 9.90 Å². The Labute approximate surface area is 115 Å². The fourth-order valence-corrected chi connectivity index (χ4v) is 1.88. The zero-order valence-electron chi connectivity index (χ0n) is 12.2. The fourth-order valence-electron chi connectivity index (χ4n) is 1.88. The van der Waals surface area contributed by atoms with Gasteiger partial charge in [0.1, 0.15) is 0 Å². The van der Waals surface area contributed by atoms with Crippen molar-refractivity contribution in [3.8, 4) is 0 Å². The monoisotopic (exact) mass is 261 g/mol. The van der Waals surface area contributed by atoms with Crippen molar-refractivity contribution in [1.29, 1.82) is 0 Å². The normalized spacial score (nSPS) is 11.6. The summed E-state index contributed by atoms with van der Waals surface area (Å²) in [6.07, 6.45) is 3.03. The molecule has 0 fully saturated rings. The number of allylic oxidation sites excluding steroid dienone is 1. The Morgan fingerprint density at radius 3 is 2.63 bits per heavy atom. The lowest BCUT2D eigenvalue weighted by Gasteiger charge is -2.20. The van der Waals surface area contributed by atoms with Crippen LogP contribution >= 0.6 is 0 Å². The first-order valence-electron chi connectivity index (χ1n) is 6.62. The second kappa shape index (κ2) is 6.00. The molecule has 0 aliphatic heterocycles. The molecule has 0 spiro atoms. The van der Waals surface area contributed by atoms with Crippen LogP contribution in [0.3, 0.4) is 0 Å². The van der Waals surface area contributed by atoms with Crippen LogP contribution in [-0.4, -0.2) is 16.1 Å². The van der Waals surface area contributed by atoms with Gasteiger partial charge in [-0.05, 0) is 49.8 Å². The summed E-state index contributed by atoms with van der Waals surface area (Å²) in [5.41, 5.74) is 2.33. The molecule has 0 radical (unpaired) electrons. The number of hydrogen-bond acceptors (Lipinski definition) is 2. The van der Waals surface area contributed by atoms with Crippen LogP contribution in [0.2, 0.25) is 0 Å². The number of carboxylic acids is 1. The molecule has 0 bridgehead atoms. The molecule has 19 heavy (non-hydrogen) atoms. The molecule has 0 aliphatic carbocycles. The molecule has 1 aromatic heterocycles. The van der Waals surface area contributed by atoms with Crippen LogP contribution < -0.4 is 0 Å². The van der Waals surface area contributed by atoms with E-state index in [9.17, 15) is 4.79 Å². The lowest BCUT2D eigenvalue weighted by molar-refractivity contribution is -0.147. The molecule has 0 saturated carbocycles. The minimum absolute atomic E-state index is 0.334. The van der Waals surface area contributed by atoms with Gasteiger partial charge < -0.3 is 5.11 Å². The first-order chi connectivity index (χ1) is 8.75. The van der Waals surface area contributed by atoms with Gasteiger partial charge in [0, 0.05) is 6.20 Å². The Hall–Kier alpha value is -1.64. The van der Waals surface area contributed by atoms with Crippen LogP contribution in [0.1, 0.15) is 57.7 Å². The first kappa shape index (κ1) is 15.4. The Morgan fingerprint density at radius 1 is 1.47 bits per heavy atom. The molecule has 1 N–H and O–H groups in total. The summed E-state index contributed by atoms with van der Waals surface area (Å²) in [5.74, 6) is -0.434. The highest BCUT2D eigenvalue weighted by Gasteiger charge is 2.27. The number of hydrogen-bond donors (Lipinski definition) is 1. The minimum Gasteiger partial charge on any atom is -0.481 e. The standard InChI is InChI=1S/C16H23NO2/c1-11(2)14-13(7-6-10-17-14)12(3)8-9-16(4,5)15(18)19/h6-7,10-11H,3,8-9H2,1-2,4-5H3,(H,18,19). The van der Waals surface area contributed by atoms with Crippen LogP contribution in [0.25, 0.3) is 5.57 Å². The first-order valence-corrected chi connectivity index (χ1v) is 6.62. The Morgan fingerprint density at radius 2 is 2.11 bits per heavy atom. The van der Waals surface area contributed by atoms with E-state index in [1.54, 1.807) is 20.0 Å². The van der Waals surface area contributed by atoms with Crippen LogP contribution in [0.15, 0.2) is 24.9 Å². The average Bonchev–Trinajstić information content (AvgIpc) is 2.35. The van der Waals surface area contributed by atoms with Crippen molar-refractivity contribution in [3.63, 3.8) is 0 Å². The van der Waals surface area contributed by atoms with Crippen molar-refractivity contribution in [2.75, 3.05) is 0 Å². The van der Waals surface area contributed by atoms with E-state index in [1.807, 2.05) is 12.1 Å². The summed E-state index contributed by atoms with van der Waals surface area (Å²) < 4.78 is 0. The van der Waals surface area contributed by atoms with Gasteiger partial charge in [0.05, 0.1) is 11.1 Å². The molecule has 1 heterocycles. The van der Waals surface area contributed by atoms with Crippen LogP contribution in [0.5, 0.6) is 0 Å². The predicted octanol–water partition coefficient (Wildman–Crippen LogP) is 4.11. The summed E-state index contributed by atoms with van der Waals surface area (Å²) >= 11 is 0. The SMILES string of the molecule is C=C(CCC(C)(C)C(=O)O)c1cccnc1C(C)C. The highest BCUT2D eigenvalue weighted by molar-refractivity contribution is 5.74. The van der Waals surface area contributed by atoms with Gasteiger partial charge in [-0.15, -0.1) is 0 Å². The molecule has 0 saturated heterocycles. The predicted molar refractivity (Wildman–Crippen MR) is 78.0 cm³/mol. The van der Waals surface area contributed by atoms with Gasteiger partial charge in [0.25, 0.3) is 0 Å². The van der Waals surface area contributed by atoms with E-state index in [4.69, 9.17) is 5.11 Å². The molecule has 0 aliphatic rings. The highest BCUT2D eigenvalue weighted by Crippen LogP contribution is 2.30. The number of aliphatic carboxylic acids is 1. The Bertz CT molecular complexity index is 475. The molecule has 104 valence electrons. The van der Waals surface area contributed by atoms with Crippen molar-refractivity contribution in [1.82, 2.24) is 4.98 Å². The number of pyridine rings is 1. The molecule has 1 aromatic rings. The number of rotatable bonds is 6. The van der Waals surface area contributed by atoms with Crippen molar-refractivity contribution in [2.24, 2.45) is 5.41 Å². The maximum absolute atomic E-state index is 11.1. The van der Waals surface area contributed by atoms with E-state index >= 15 is 0 Å². The van der Waals surface area contributed by atoms with Crippen molar-refractivity contribution >= 4 is 11.5 Å². The molecular weight excluding hydrogens is 238 g/mol. The maximum atomic E-state index is 11.1. The molecule has 0 amide bonds. The number of aromatic nitrogens is 1. The van der Waals surface area contributed by atoms with Crippen LogP contribution in [0.4, 0.5) is 0 Å². The fraction of sp³-hybridized carbons (Fsp3) is 0.500. The number of carbonyl (C=O) groups is 1. The van der Waals surface area contributed by atoms with E-state index in [0.717, 1.165) is 16.8 Å². The van der Waals surface area contributed by atoms with Gasteiger partial charge in [0.2, 0.25) is 0 Å². The number of carboxylic acid groups (broad SMARTS) is 1. The number of nitrogens with zero attached hydrogens (tertiary/aromatic N) is 1. The summed E-state index contributed by atoms with van der Waals surface area (Å²) in [5, 5.41) is 9.13. The smallest absolute Gasteiger partial charge is 0.309 e. The van der Waals surface area contributed by atoms with Gasteiger partial charge in [0.15, 0.2) is 0 Å². The van der Waals surface area contributed by atoms with Crippen LogP contribution in [0, 0.1) is 5.41 Å². The van der Waals surface area contributed by atoms with Gasteiger partial charge >= 0.3 is 5.97 Å². The van der Waals surface area contributed by atoms with E-state index in [0.29, 0.717) is 18.8 Å². The van der Waals surface area contributed by atoms with Gasteiger partial charge in [-0.1, -0.05) is 26.5 Å². The third-order valence-electron chi connectivity index (χ3n) is 3.40. The van der Waals surface area contributed by atoms with Crippen molar-refractivity contribution in [2.45, 2.75) is 46.5 Å². The largest absolute Gasteiger partial charge is 0.481 e. The highest BCUT2D eigenvalue weighted by atomic mass is 16.4. The molecule has 3 nitrogen and oxygen atoms in total. The topological polar surface area (TPSA) is 50.2 Å². The van der Waals surface area contributed by atoms with E-state index in [1.165, 1.54) is 0 Å². The Kier molecular flexibility index (Phi) is 4.87. The molecule has 0 atom stereocenters. The molecule has 0 unspecified atom stereocenters. The summed E-state index contributed by atoms with van der Waals surface area (Å²) in [7, 11) is 0. The lowest BCUT2D eigenvalue weighted by Crippen LogP contribution is -2.23. The summed E-state index contributed by atoms with van der Waals surface area (Å²) in [6, 6.07) is 3.91. The minimum atomic E-state index is -0.768. The van der Waals surface area contributed by atoms with Gasteiger partial charge in [-0.25, -0.2) is 0 Å². The van der Waals surface area contributed by atoms with Crippen molar-refractivity contribution in [3.05, 3.63) is 36.2 Å². The zero-order chi connectivity index (χ0) is 14.6. The lowest BCUT2D eigenvalue weighted by atomic mass is 9.85. The second-order valence-corrected chi connectivity index (χ2v) is 5.88. The average molecular weight is 261 g/mol. The molecule has 1 rings (SSSR count). The summed E-state index contributed by atoms with van der Waals surface area (Å²) in [6.45, 7) is 11.8. The van der Waals surface area contributed by atoms with Gasteiger partial charge in [-0.3, -0.25) is 9.78 Å². The Balaban J connectivity index is 2.83. The molecule has 3 heteroatoms. The maximum Gasteiger partial charge on any atom is 0.309 e. The summed E-state index contributed by atoms with van der Waals surface area (Å²) in [4.78, 5) is 15.5. The molecular formula is C16H23NO2. The molecule has 0 aromatic carbocycles. The second-order valence-electron chi connectivity index (χ2n) is 5.88. The van der Waals surface area contributed by atoms with E-state index in [-0.39, 0.29) is 0 Å². The third-order valence-corrected chi connectivity index (χ3v) is 3.40. The zero-order valence-corrected chi connectivity index (χ0v) is 12.2.